The molecule has 0 atom stereocenters. The van der Waals surface area contributed by atoms with Crippen molar-refractivity contribution in [2.45, 2.75) is 6.92 Å². The maximum Gasteiger partial charge on any atom is 0.188 e. The van der Waals surface area contributed by atoms with Crippen LogP contribution in [0.5, 0.6) is 0 Å². The molecule has 15 heavy (non-hydrogen) atoms. The minimum atomic E-state index is -0.0406. The zero-order valence-corrected chi connectivity index (χ0v) is 8.86. The Morgan fingerprint density at radius 3 is 2.33 bits per heavy atom. The smallest absolute Gasteiger partial charge is 0.188 e. The molecule has 0 aliphatic rings. The fraction of sp³-hybridized carbons (Fsp3) is 0.0714. The third-order valence-electron chi connectivity index (χ3n) is 2.00. The molecule has 0 fully saturated rings. The van der Waals surface area contributed by atoms with Crippen molar-refractivity contribution >= 4 is 11.4 Å². The number of benzene rings is 1. The quantitative estimate of drug-likeness (QED) is 0.535. The first-order valence-electron chi connectivity index (χ1n) is 4.75. The minimum absolute atomic E-state index is 0.0406. The minimum Gasteiger partial charge on any atom is -0.289 e. The summed E-state index contributed by atoms with van der Waals surface area (Å²) >= 11 is 0. The highest BCUT2D eigenvalue weighted by Gasteiger charge is 2.10. The maximum absolute atomic E-state index is 11.8. The highest BCUT2D eigenvalue weighted by Crippen LogP contribution is 2.18. The van der Waals surface area contributed by atoms with Gasteiger partial charge >= 0.3 is 0 Å². The molecule has 0 aliphatic heterocycles. The van der Waals surface area contributed by atoms with Crippen LogP contribution in [-0.4, -0.2) is 5.78 Å². The summed E-state index contributed by atoms with van der Waals surface area (Å²) in [6, 6.07) is 9.52. The first kappa shape index (κ1) is 11.2. The van der Waals surface area contributed by atoms with Crippen LogP contribution in [0, 0.1) is 0 Å². The van der Waals surface area contributed by atoms with Gasteiger partial charge in [-0.05, 0) is 18.1 Å². The Morgan fingerprint density at radius 1 is 1.27 bits per heavy atom. The van der Waals surface area contributed by atoms with E-state index in [-0.39, 0.29) is 5.78 Å². The highest BCUT2D eigenvalue weighted by atomic mass is 16.1. The van der Waals surface area contributed by atoms with Crippen molar-refractivity contribution in [3.8, 4) is 0 Å². The lowest BCUT2D eigenvalue weighted by molar-refractivity contribution is -0.110. The molecule has 0 aromatic heterocycles. The number of hydrogen-bond donors (Lipinski definition) is 0. The van der Waals surface area contributed by atoms with Crippen LogP contribution in [0.1, 0.15) is 12.5 Å². The van der Waals surface area contributed by atoms with E-state index in [1.807, 2.05) is 30.3 Å². The Balaban J connectivity index is 3.16. The predicted octanol–water partition coefficient (Wildman–Crippen LogP) is 3.40. The third kappa shape index (κ3) is 2.78. The van der Waals surface area contributed by atoms with E-state index in [1.165, 1.54) is 0 Å². The second-order valence-corrected chi connectivity index (χ2v) is 3.29. The van der Waals surface area contributed by atoms with Gasteiger partial charge in [0.05, 0.1) is 0 Å². The van der Waals surface area contributed by atoms with Gasteiger partial charge in [0.15, 0.2) is 5.78 Å². The van der Waals surface area contributed by atoms with E-state index in [4.69, 9.17) is 0 Å². The van der Waals surface area contributed by atoms with Gasteiger partial charge in [0.1, 0.15) is 0 Å². The van der Waals surface area contributed by atoms with Gasteiger partial charge < -0.3 is 0 Å². The zero-order chi connectivity index (χ0) is 11.3. The Labute approximate surface area is 90.4 Å². The lowest BCUT2D eigenvalue weighted by Gasteiger charge is -2.05. The monoisotopic (exact) mass is 198 g/mol. The lowest BCUT2D eigenvalue weighted by Crippen LogP contribution is -2.02. The summed E-state index contributed by atoms with van der Waals surface area (Å²) in [5.41, 5.74) is 2.07. The molecule has 0 saturated carbocycles. The number of carbonyl (C=O) groups is 1. The predicted molar refractivity (Wildman–Crippen MR) is 64.4 cm³/mol. The van der Waals surface area contributed by atoms with Gasteiger partial charge in [0, 0.05) is 5.57 Å². The molecule has 1 nitrogen and oxygen atoms in total. The largest absolute Gasteiger partial charge is 0.289 e. The summed E-state index contributed by atoms with van der Waals surface area (Å²) in [4.78, 5) is 11.8. The van der Waals surface area contributed by atoms with E-state index in [1.54, 1.807) is 19.1 Å². The van der Waals surface area contributed by atoms with Gasteiger partial charge in [0.25, 0.3) is 0 Å². The van der Waals surface area contributed by atoms with E-state index < -0.39 is 0 Å². The van der Waals surface area contributed by atoms with Crippen molar-refractivity contribution in [2.24, 2.45) is 0 Å². The number of rotatable bonds is 4. The number of hydrogen-bond acceptors (Lipinski definition) is 1. The molecule has 0 amide bonds. The van der Waals surface area contributed by atoms with Crippen molar-refractivity contribution in [2.75, 3.05) is 0 Å². The van der Waals surface area contributed by atoms with Gasteiger partial charge in [-0.3, -0.25) is 4.79 Å². The molecule has 0 unspecified atom stereocenters. The van der Waals surface area contributed by atoms with Crippen molar-refractivity contribution < 1.29 is 4.79 Å². The van der Waals surface area contributed by atoms with E-state index in [0.29, 0.717) is 11.1 Å². The van der Waals surface area contributed by atoms with Crippen molar-refractivity contribution in [3.63, 3.8) is 0 Å². The molecular formula is C14H14O. The van der Waals surface area contributed by atoms with E-state index in [2.05, 4.69) is 13.2 Å². The molecule has 1 aromatic rings. The molecule has 0 spiro atoms. The van der Waals surface area contributed by atoms with E-state index in [0.717, 1.165) is 5.56 Å². The molecule has 76 valence electrons. The highest BCUT2D eigenvalue weighted by molar-refractivity contribution is 6.28. The number of carbonyl (C=O) groups excluding carboxylic acids is 1. The third-order valence-corrected chi connectivity index (χ3v) is 2.00. The van der Waals surface area contributed by atoms with Crippen LogP contribution in [0.2, 0.25) is 0 Å². The summed E-state index contributed by atoms with van der Waals surface area (Å²) in [6.07, 6.45) is 3.33. The number of ketones is 1. The molecule has 0 heterocycles. The van der Waals surface area contributed by atoms with Gasteiger partial charge in [-0.15, -0.1) is 0 Å². The van der Waals surface area contributed by atoms with Crippen molar-refractivity contribution in [3.05, 3.63) is 66.8 Å². The van der Waals surface area contributed by atoms with Crippen LogP contribution in [0.25, 0.3) is 5.57 Å². The van der Waals surface area contributed by atoms with Crippen LogP contribution in [0.4, 0.5) is 0 Å². The summed E-state index contributed by atoms with van der Waals surface area (Å²) < 4.78 is 0. The Bertz CT molecular complexity index is 410. The maximum atomic E-state index is 11.8. The first-order valence-corrected chi connectivity index (χ1v) is 4.75. The number of allylic oxidation sites excluding steroid dienone is 4. The van der Waals surface area contributed by atoms with Crippen LogP contribution in [0.3, 0.4) is 0 Å². The first-order chi connectivity index (χ1) is 7.16. The van der Waals surface area contributed by atoms with Gasteiger partial charge in [0.2, 0.25) is 0 Å². The molecule has 0 bridgehead atoms. The summed E-state index contributed by atoms with van der Waals surface area (Å²) in [7, 11) is 0. The molecule has 0 aliphatic carbocycles. The Kier molecular flexibility index (Phi) is 3.81. The van der Waals surface area contributed by atoms with Crippen LogP contribution < -0.4 is 0 Å². The molecule has 0 N–H and O–H groups in total. The fourth-order valence-corrected chi connectivity index (χ4v) is 1.27. The van der Waals surface area contributed by atoms with Crippen LogP contribution in [0.15, 0.2) is 61.2 Å². The zero-order valence-electron chi connectivity index (χ0n) is 8.86. The average molecular weight is 198 g/mol. The Morgan fingerprint density at radius 2 is 1.87 bits per heavy atom. The Hall–Kier alpha value is -1.89. The van der Waals surface area contributed by atoms with Gasteiger partial charge in [-0.2, -0.15) is 0 Å². The normalized spacial score (nSPS) is 10.9. The summed E-state index contributed by atoms with van der Waals surface area (Å²) in [5, 5.41) is 0. The molecule has 1 heteroatoms. The molecule has 0 saturated heterocycles. The standard InChI is InChI=1S/C14H14O/c1-4-8-13(14(15)11(2)3)12-9-6-5-7-10-12/h4-10H,1-2H2,3H3/b13-8+. The molecule has 0 radical (unpaired) electrons. The van der Waals surface area contributed by atoms with E-state index in [9.17, 15) is 4.79 Å². The molecule has 1 aromatic carbocycles. The molecule has 1 rings (SSSR count). The van der Waals surface area contributed by atoms with Gasteiger partial charge in [-0.1, -0.05) is 55.6 Å². The van der Waals surface area contributed by atoms with Crippen LogP contribution >= 0.6 is 0 Å². The van der Waals surface area contributed by atoms with Gasteiger partial charge in [-0.25, -0.2) is 0 Å². The second kappa shape index (κ2) is 5.11. The second-order valence-electron chi connectivity index (χ2n) is 3.29. The molecular weight excluding hydrogens is 184 g/mol. The van der Waals surface area contributed by atoms with Crippen molar-refractivity contribution in [1.29, 1.82) is 0 Å². The summed E-state index contributed by atoms with van der Waals surface area (Å²) in [6.45, 7) is 8.98. The van der Waals surface area contributed by atoms with Crippen LogP contribution in [-0.2, 0) is 4.79 Å². The topological polar surface area (TPSA) is 17.1 Å². The average Bonchev–Trinajstić information content (AvgIpc) is 2.26. The summed E-state index contributed by atoms with van der Waals surface area (Å²) in [5.74, 6) is -0.0406. The van der Waals surface area contributed by atoms with E-state index >= 15 is 0 Å². The number of Topliss-reactive ketones (excluding diaryl/α,β-unsaturated/α-hetero) is 1. The van der Waals surface area contributed by atoms with Crippen molar-refractivity contribution in [1.82, 2.24) is 0 Å². The SMILES string of the molecule is C=C/C=C(/C(=O)C(=C)C)c1ccccc1. The lowest BCUT2D eigenvalue weighted by atomic mass is 9.98. The fourth-order valence-electron chi connectivity index (χ4n) is 1.27.